The maximum Gasteiger partial charge on any atom is 0.321 e. The minimum absolute atomic E-state index is 0.147. The molecule has 17 heavy (non-hydrogen) atoms. The van der Waals surface area contributed by atoms with Gasteiger partial charge < -0.3 is 15.3 Å². The van der Waals surface area contributed by atoms with Crippen LogP contribution in [0.3, 0.4) is 0 Å². The van der Waals surface area contributed by atoms with E-state index in [2.05, 4.69) is 5.32 Å². The van der Waals surface area contributed by atoms with Crippen LogP contribution in [0.25, 0.3) is 0 Å². The number of carbonyl (C=O) groups is 1. The molecule has 2 rings (SSSR count). The van der Waals surface area contributed by atoms with E-state index in [-0.39, 0.29) is 6.03 Å². The molecule has 1 fully saturated rings. The molecule has 0 aromatic heterocycles. The van der Waals surface area contributed by atoms with Crippen molar-refractivity contribution in [3.8, 4) is 0 Å². The molecule has 0 spiro atoms. The molecule has 1 aromatic carbocycles. The van der Waals surface area contributed by atoms with Gasteiger partial charge in [0.15, 0.2) is 0 Å². The molecule has 0 bridgehead atoms. The Hall–Kier alpha value is -1.55. The molecule has 4 heteroatoms. The van der Waals surface area contributed by atoms with E-state index in [1.807, 2.05) is 31.2 Å². The van der Waals surface area contributed by atoms with Gasteiger partial charge in [-0.2, -0.15) is 0 Å². The van der Waals surface area contributed by atoms with Gasteiger partial charge in [-0.1, -0.05) is 17.7 Å². The molecule has 2 amide bonds. The minimum atomic E-state index is -0.745. The fourth-order valence-corrected chi connectivity index (χ4v) is 1.96. The molecule has 1 saturated heterocycles. The average Bonchev–Trinajstić information content (AvgIpc) is 2.62. The highest BCUT2D eigenvalue weighted by Gasteiger charge is 2.33. The highest BCUT2D eigenvalue weighted by atomic mass is 16.3. The lowest BCUT2D eigenvalue weighted by Gasteiger charge is -2.19. The third-order valence-electron chi connectivity index (χ3n) is 3.04. The van der Waals surface area contributed by atoms with Gasteiger partial charge in [-0.05, 0) is 32.4 Å². The van der Waals surface area contributed by atoms with Crippen LogP contribution in [0.4, 0.5) is 10.5 Å². The van der Waals surface area contributed by atoms with Crippen LogP contribution in [-0.2, 0) is 0 Å². The van der Waals surface area contributed by atoms with Gasteiger partial charge in [0.1, 0.15) is 0 Å². The van der Waals surface area contributed by atoms with Crippen molar-refractivity contribution in [2.45, 2.75) is 25.9 Å². The standard InChI is InChI=1S/C13H18N2O2/c1-10-3-5-11(6-4-10)14-12(16)15-8-7-13(2,17)9-15/h3-6,17H,7-9H2,1-2H3,(H,14,16)/t13-/m0/s1. The smallest absolute Gasteiger partial charge is 0.321 e. The fraction of sp³-hybridized carbons (Fsp3) is 0.462. The number of hydrogen-bond acceptors (Lipinski definition) is 2. The van der Waals surface area contributed by atoms with E-state index >= 15 is 0 Å². The van der Waals surface area contributed by atoms with Crippen LogP contribution in [0.2, 0.25) is 0 Å². The Morgan fingerprint density at radius 1 is 1.41 bits per heavy atom. The zero-order valence-corrected chi connectivity index (χ0v) is 10.2. The number of β-amino-alcohol motifs (C(OH)–C–C–N with tert-alkyl or cyclic N) is 1. The molecule has 1 atom stereocenters. The van der Waals surface area contributed by atoms with E-state index in [0.717, 1.165) is 11.3 Å². The number of likely N-dealkylation sites (tertiary alicyclic amines) is 1. The van der Waals surface area contributed by atoms with Crippen molar-refractivity contribution in [2.24, 2.45) is 0 Å². The number of anilines is 1. The van der Waals surface area contributed by atoms with E-state index in [1.165, 1.54) is 0 Å². The molecule has 1 heterocycles. The van der Waals surface area contributed by atoms with E-state index < -0.39 is 5.60 Å². The van der Waals surface area contributed by atoms with Gasteiger partial charge >= 0.3 is 6.03 Å². The van der Waals surface area contributed by atoms with Crippen LogP contribution < -0.4 is 5.32 Å². The van der Waals surface area contributed by atoms with Crippen LogP contribution >= 0.6 is 0 Å². The summed E-state index contributed by atoms with van der Waals surface area (Å²) >= 11 is 0. The van der Waals surface area contributed by atoms with E-state index in [1.54, 1.807) is 11.8 Å². The Labute approximate surface area is 101 Å². The maximum atomic E-state index is 11.9. The Kier molecular flexibility index (Phi) is 3.07. The lowest BCUT2D eigenvalue weighted by molar-refractivity contribution is 0.0727. The van der Waals surface area contributed by atoms with Crippen LogP contribution in [0, 0.1) is 6.92 Å². The molecule has 1 aliphatic rings. The number of benzene rings is 1. The SMILES string of the molecule is Cc1ccc(NC(=O)N2CC[C@](C)(O)C2)cc1. The summed E-state index contributed by atoms with van der Waals surface area (Å²) in [6, 6.07) is 7.51. The van der Waals surface area contributed by atoms with Crippen molar-refractivity contribution in [2.75, 3.05) is 18.4 Å². The second kappa shape index (κ2) is 4.37. The number of amides is 2. The predicted octanol–water partition coefficient (Wildman–Crippen LogP) is 1.98. The van der Waals surface area contributed by atoms with Gasteiger partial charge in [-0.3, -0.25) is 0 Å². The second-order valence-electron chi connectivity index (χ2n) is 4.96. The topological polar surface area (TPSA) is 52.6 Å². The summed E-state index contributed by atoms with van der Waals surface area (Å²) in [5, 5.41) is 12.6. The van der Waals surface area contributed by atoms with Gasteiger partial charge in [0.25, 0.3) is 0 Å². The Balaban J connectivity index is 1.96. The summed E-state index contributed by atoms with van der Waals surface area (Å²) in [7, 11) is 0. The van der Waals surface area contributed by atoms with Crippen LogP contribution in [0.5, 0.6) is 0 Å². The lowest BCUT2D eigenvalue weighted by atomic mass is 10.1. The fourth-order valence-electron chi connectivity index (χ4n) is 1.96. The average molecular weight is 234 g/mol. The van der Waals surface area contributed by atoms with E-state index in [9.17, 15) is 9.90 Å². The summed E-state index contributed by atoms with van der Waals surface area (Å²) in [6.07, 6.45) is 0.633. The van der Waals surface area contributed by atoms with Crippen molar-refractivity contribution in [3.05, 3.63) is 29.8 Å². The molecule has 1 aliphatic heterocycles. The third kappa shape index (κ3) is 2.97. The Morgan fingerprint density at radius 3 is 2.59 bits per heavy atom. The number of hydrogen-bond donors (Lipinski definition) is 2. The van der Waals surface area contributed by atoms with Gasteiger partial charge in [-0.25, -0.2) is 4.79 Å². The maximum absolute atomic E-state index is 11.9. The van der Waals surface area contributed by atoms with Crippen molar-refractivity contribution < 1.29 is 9.90 Å². The van der Waals surface area contributed by atoms with E-state index in [4.69, 9.17) is 0 Å². The molecule has 0 radical (unpaired) electrons. The molecular weight excluding hydrogens is 216 g/mol. The first-order valence-electron chi connectivity index (χ1n) is 5.81. The molecule has 92 valence electrons. The summed E-state index contributed by atoms with van der Waals surface area (Å²) in [6.45, 7) is 4.75. The zero-order valence-electron chi connectivity index (χ0n) is 10.2. The highest BCUT2D eigenvalue weighted by molar-refractivity contribution is 5.89. The first-order valence-corrected chi connectivity index (χ1v) is 5.81. The molecule has 2 N–H and O–H groups in total. The summed E-state index contributed by atoms with van der Waals surface area (Å²) < 4.78 is 0. The third-order valence-corrected chi connectivity index (χ3v) is 3.04. The number of aryl methyl sites for hydroxylation is 1. The number of nitrogens with one attached hydrogen (secondary N) is 1. The van der Waals surface area contributed by atoms with Crippen LogP contribution in [0.1, 0.15) is 18.9 Å². The van der Waals surface area contributed by atoms with Crippen molar-refractivity contribution in [3.63, 3.8) is 0 Å². The second-order valence-corrected chi connectivity index (χ2v) is 4.96. The molecular formula is C13H18N2O2. The van der Waals surface area contributed by atoms with Gasteiger partial charge in [-0.15, -0.1) is 0 Å². The van der Waals surface area contributed by atoms with Crippen LogP contribution in [-0.4, -0.2) is 34.7 Å². The largest absolute Gasteiger partial charge is 0.388 e. The number of aliphatic hydroxyl groups is 1. The normalized spacial score (nSPS) is 23.8. The summed E-state index contributed by atoms with van der Waals surface area (Å²) in [5.74, 6) is 0. The number of nitrogens with zero attached hydrogens (tertiary/aromatic N) is 1. The van der Waals surface area contributed by atoms with E-state index in [0.29, 0.717) is 19.5 Å². The Morgan fingerprint density at radius 2 is 2.06 bits per heavy atom. The number of urea groups is 1. The van der Waals surface area contributed by atoms with Crippen LogP contribution in [0.15, 0.2) is 24.3 Å². The van der Waals surface area contributed by atoms with Gasteiger partial charge in [0.05, 0.1) is 12.1 Å². The van der Waals surface area contributed by atoms with Gasteiger partial charge in [0.2, 0.25) is 0 Å². The first kappa shape index (κ1) is 11.9. The molecule has 0 saturated carbocycles. The summed E-state index contributed by atoms with van der Waals surface area (Å²) in [5.41, 5.74) is 1.20. The molecule has 0 aliphatic carbocycles. The number of rotatable bonds is 1. The predicted molar refractivity (Wildman–Crippen MR) is 67.0 cm³/mol. The van der Waals surface area contributed by atoms with Crippen molar-refractivity contribution in [1.82, 2.24) is 4.90 Å². The minimum Gasteiger partial charge on any atom is -0.388 e. The first-order chi connectivity index (χ1) is 7.96. The van der Waals surface area contributed by atoms with Crippen molar-refractivity contribution >= 4 is 11.7 Å². The number of carbonyl (C=O) groups excluding carboxylic acids is 1. The Bertz CT molecular complexity index is 412. The quantitative estimate of drug-likeness (QED) is 0.780. The van der Waals surface area contributed by atoms with Gasteiger partial charge in [0, 0.05) is 12.2 Å². The zero-order chi connectivity index (χ0) is 12.5. The highest BCUT2D eigenvalue weighted by Crippen LogP contribution is 2.21. The summed E-state index contributed by atoms with van der Waals surface area (Å²) in [4.78, 5) is 13.5. The van der Waals surface area contributed by atoms with Crippen molar-refractivity contribution in [1.29, 1.82) is 0 Å². The molecule has 1 aromatic rings. The monoisotopic (exact) mass is 234 g/mol. The molecule has 4 nitrogen and oxygen atoms in total. The molecule has 0 unspecified atom stereocenters. The lowest BCUT2D eigenvalue weighted by Crippen LogP contribution is -2.36.